The molecule has 1 aromatic heterocycles. The van der Waals surface area contributed by atoms with Crippen LogP contribution in [0.25, 0.3) is 0 Å². The summed E-state index contributed by atoms with van der Waals surface area (Å²) in [6.07, 6.45) is 2.90. The number of rotatable bonds is 6. The maximum atomic E-state index is 11.6. The van der Waals surface area contributed by atoms with Crippen LogP contribution < -0.4 is 5.32 Å². The van der Waals surface area contributed by atoms with Gasteiger partial charge in [-0.25, -0.2) is 18.4 Å². The van der Waals surface area contributed by atoms with Crippen molar-refractivity contribution in [3.63, 3.8) is 0 Å². The third kappa shape index (κ3) is 4.89. The number of hydrogen-bond acceptors (Lipinski definition) is 6. The first-order chi connectivity index (χ1) is 10.4. The number of hydrogen-bond donors (Lipinski definition) is 1. The minimum absolute atomic E-state index is 0.173. The predicted molar refractivity (Wildman–Crippen MR) is 85.4 cm³/mol. The van der Waals surface area contributed by atoms with Gasteiger partial charge in [-0.05, 0) is 13.3 Å². The summed E-state index contributed by atoms with van der Waals surface area (Å²) in [6, 6.07) is 1.89. The maximum absolute atomic E-state index is 11.6. The van der Waals surface area contributed by atoms with E-state index >= 15 is 0 Å². The van der Waals surface area contributed by atoms with Gasteiger partial charge in [0.05, 0.1) is 19.0 Å². The molecule has 1 fully saturated rings. The lowest BCUT2D eigenvalue weighted by Gasteiger charge is -2.31. The molecule has 0 amide bonds. The number of anilines is 1. The Balaban J connectivity index is 1.95. The molecule has 1 aromatic rings. The lowest BCUT2D eigenvalue weighted by molar-refractivity contribution is 0.00700. The molecule has 124 valence electrons. The molecule has 0 aromatic carbocycles. The molecule has 7 nitrogen and oxygen atoms in total. The second-order valence-electron chi connectivity index (χ2n) is 5.56. The van der Waals surface area contributed by atoms with E-state index in [1.165, 1.54) is 10.6 Å². The van der Waals surface area contributed by atoms with Crippen LogP contribution in [0.5, 0.6) is 0 Å². The van der Waals surface area contributed by atoms with Crippen molar-refractivity contribution in [3.8, 4) is 0 Å². The average Bonchev–Trinajstić information content (AvgIpc) is 2.44. The first-order valence-corrected chi connectivity index (χ1v) is 9.38. The highest BCUT2D eigenvalue weighted by atomic mass is 32.2. The molecular formula is C14H24N4O3S. The standard InChI is InChI=1S/C14H24N4O3S/c1-4-5-13-16-11(2)8-14(17-13)15-9-12-10-18(6-7-21-12)22(3,19)20/h8,12H,4-7,9-10H2,1-3H3,(H,15,16,17)/t12-/m0/s1. The van der Waals surface area contributed by atoms with Crippen LogP contribution in [-0.2, 0) is 21.2 Å². The van der Waals surface area contributed by atoms with Gasteiger partial charge in [-0.15, -0.1) is 0 Å². The summed E-state index contributed by atoms with van der Waals surface area (Å²) in [5.74, 6) is 1.59. The first kappa shape index (κ1) is 17.1. The number of aromatic nitrogens is 2. The van der Waals surface area contributed by atoms with Crippen LogP contribution in [-0.4, -0.2) is 61.3 Å². The monoisotopic (exact) mass is 328 g/mol. The smallest absolute Gasteiger partial charge is 0.211 e. The summed E-state index contributed by atoms with van der Waals surface area (Å²) in [5, 5.41) is 3.23. The Morgan fingerprint density at radius 1 is 1.45 bits per heavy atom. The van der Waals surface area contributed by atoms with E-state index in [1.54, 1.807) is 0 Å². The minimum atomic E-state index is -3.16. The van der Waals surface area contributed by atoms with E-state index in [4.69, 9.17) is 4.74 Å². The third-order valence-corrected chi connectivity index (χ3v) is 4.73. The molecule has 2 heterocycles. The van der Waals surface area contributed by atoms with Gasteiger partial charge in [-0.3, -0.25) is 0 Å². The Labute approximate surface area is 132 Å². The highest BCUT2D eigenvalue weighted by molar-refractivity contribution is 7.88. The molecule has 1 aliphatic rings. The normalized spacial score (nSPS) is 20.0. The Bertz CT molecular complexity index is 606. The molecule has 0 radical (unpaired) electrons. The summed E-state index contributed by atoms with van der Waals surface area (Å²) in [7, 11) is -3.16. The van der Waals surface area contributed by atoms with E-state index in [0.717, 1.165) is 30.2 Å². The summed E-state index contributed by atoms with van der Waals surface area (Å²) in [4.78, 5) is 8.86. The molecule has 0 saturated carbocycles. The van der Waals surface area contributed by atoms with Crippen molar-refractivity contribution in [2.45, 2.75) is 32.8 Å². The molecule has 2 rings (SSSR count). The molecule has 0 unspecified atom stereocenters. The van der Waals surface area contributed by atoms with Gasteiger partial charge in [0.2, 0.25) is 10.0 Å². The number of morpholine rings is 1. The van der Waals surface area contributed by atoms with Crippen LogP contribution in [0.4, 0.5) is 5.82 Å². The fourth-order valence-corrected chi connectivity index (χ4v) is 3.23. The summed E-state index contributed by atoms with van der Waals surface area (Å²) >= 11 is 0. The van der Waals surface area contributed by atoms with Crippen LogP contribution in [0.15, 0.2) is 6.07 Å². The zero-order valence-electron chi connectivity index (χ0n) is 13.4. The van der Waals surface area contributed by atoms with E-state index in [1.807, 2.05) is 13.0 Å². The second-order valence-corrected chi connectivity index (χ2v) is 7.54. The van der Waals surface area contributed by atoms with Gasteiger partial charge in [0.1, 0.15) is 11.6 Å². The molecule has 1 atom stereocenters. The number of nitrogens with zero attached hydrogens (tertiary/aromatic N) is 3. The topological polar surface area (TPSA) is 84.4 Å². The largest absolute Gasteiger partial charge is 0.374 e. The van der Waals surface area contributed by atoms with Gasteiger partial charge in [0.15, 0.2) is 0 Å². The lowest BCUT2D eigenvalue weighted by Crippen LogP contribution is -2.47. The van der Waals surface area contributed by atoms with E-state index in [-0.39, 0.29) is 6.10 Å². The van der Waals surface area contributed by atoms with Gasteiger partial charge >= 0.3 is 0 Å². The fourth-order valence-electron chi connectivity index (χ4n) is 2.39. The SMILES string of the molecule is CCCc1nc(C)cc(NC[C@H]2CN(S(C)(=O)=O)CCO2)n1. The van der Waals surface area contributed by atoms with E-state index < -0.39 is 10.0 Å². The average molecular weight is 328 g/mol. The molecule has 0 aliphatic carbocycles. The van der Waals surface area contributed by atoms with Crippen LogP contribution in [0, 0.1) is 6.92 Å². The van der Waals surface area contributed by atoms with Gasteiger partial charge in [-0.2, -0.15) is 4.31 Å². The highest BCUT2D eigenvalue weighted by Crippen LogP contribution is 2.12. The van der Waals surface area contributed by atoms with Crippen molar-refractivity contribution in [3.05, 3.63) is 17.6 Å². The molecular weight excluding hydrogens is 304 g/mol. The summed E-state index contributed by atoms with van der Waals surface area (Å²) in [6.45, 7) is 5.76. The van der Waals surface area contributed by atoms with Crippen molar-refractivity contribution >= 4 is 15.8 Å². The van der Waals surface area contributed by atoms with E-state index in [0.29, 0.717) is 26.2 Å². The van der Waals surface area contributed by atoms with Crippen LogP contribution in [0.2, 0.25) is 0 Å². The molecule has 22 heavy (non-hydrogen) atoms. The van der Waals surface area contributed by atoms with Crippen molar-refractivity contribution in [1.82, 2.24) is 14.3 Å². The first-order valence-electron chi connectivity index (χ1n) is 7.53. The molecule has 0 bridgehead atoms. The second kappa shape index (κ2) is 7.34. The quantitative estimate of drug-likeness (QED) is 0.832. The fraction of sp³-hybridized carbons (Fsp3) is 0.714. The number of ether oxygens (including phenoxy) is 1. The molecule has 1 N–H and O–H groups in total. The van der Waals surface area contributed by atoms with Gasteiger partial charge in [0, 0.05) is 37.8 Å². The van der Waals surface area contributed by atoms with Gasteiger partial charge in [0.25, 0.3) is 0 Å². The molecule has 1 saturated heterocycles. The van der Waals surface area contributed by atoms with Crippen molar-refractivity contribution in [2.24, 2.45) is 0 Å². The Morgan fingerprint density at radius 3 is 2.91 bits per heavy atom. The zero-order valence-corrected chi connectivity index (χ0v) is 14.2. The van der Waals surface area contributed by atoms with Crippen molar-refractivity contribution < 1.29 is 13.2 Å². The van der Waals surface area contributed by atoms with Crippen molar-refractivity contribution in [1.29, 1.82) is 0 Å². The number of nitrogens with one attached hydrogen (secondary N) is 1. The predicted octanol–water partition coefficient (Wildman–Crippen LogP) is 0.810. The Morgan fingerprint density at radius 2 is 2.23 bits per heavy atom. The maximum Gasteiger partial charge on any atom is 0.211 e. The Hall–Kier alpha value is -1.25. The number of aryl methyl sites for hydroxylation is 2. The Kier molecular flexibility index (Phi) is 5.71. The highest BCUT2D eigenvalue weighted by Gasteiger charge is 2.26. The van der Waals surface area contributed by atoms with Crippen LogP contribution in [0.3, 0.4) is 0 Å². The number of sulfonamides is 1. The van der Waals surface area contributed by atoms with Crippen LogP contribution >= 0.6 is 0 Å². The zero-order chi connectivity index (χ0) is 16.2. The molecule has 0 spiro atoms. The van der Waals surface area contributed by atoms with E-state index in [2.05, 4.69) is 22.2 Å². The van der Waals surface area contributed by atoms with Gasteiger partial charge in [-0.1, -0.05) is 6.92 Å². The summed E-state index contributed by atoms with van der Waals surface area (Å²) in [5.41, 5.74) is 0.920. The third-order valence-electron chi connectivity index (χ3n) is 3.46. The van der Waals surface area contributed by atoms with Crippen molar-refractivity contribution in [2.75, 3.05) is 37.8 Å². The lowest BCUT2D eigenvalue weighted by atomic mass is 10.3. The molecule has 1 aliphatic heterocycles. The van der Waals surface area contributed by atoms with Crippen LogP contribution in [0.1, 0.15) is 24.9 Å². The molecule has 8 heteroatoms. The minimum Gasteiger partial charge on any atom is -0.374 e. The van der Waals surface area contributed by atoms with E-state index in [9.17, 15) is 8.42 Å². The summed E-state index contributed by atoms with van der Waals surface area (Å²) < 4.78 is 30.3. The van der Waals surface area contributed by atoms with Gasteiger partial charge < -0.3 is 10.1 Å².